The molecule has 9 nitrogen and oxygen atoms in total. The Morgan fingerprint density at radius 2 is 1.15 bits per heavy atom. The summed E-state index contributed by atoms with van der Waals surface area (Å²) in [6, 6.07) is 8.45. The fourth-order valence-electron chi connectivity index (χ4n) is 3.00. The molecule has 3 aromatic rings. The van der Waals surface area contributed by atoms with E-state index in [-0.39, 0.29) is 22.4 Å². The lowest BCUT2D eigenvalue weighted by molar-refractivity contribution is -0.382. The van der Waals surface area contributed by atoms with Crippen molar-refractivity contribution in [1.29, 1.82) is 0 Å². The third-order valence-corrected chi connectivity index (χ3v) is 4.19. The van der Waals surface area contributed by atoms with E-state index in [2.05, 4.69) is 4.98 Å². The third-order valence-electron chi connectivity index (χ3n) is 4.19. The van der Waals surface area contributed by atoms with E-state index in [4.69, 9.17) is 0 Å². The number of nitro benzene ring substituents is 2. The van der Waals surface area contributed by atoms with Crippen LogP contribution in [0.25, 0.3) is 21.8 Å². The van der Waals surface area contributed by atoms with E-state index in [0.717, 1.165) is 0 Å². The standard InChI is InChI=1S/C17H17N5O4/c1-19(2)12-7-5-10-9-11-6-8-13(20(3)4)17(22(25)26)15(11)18-14(10)16(12)21(23)24/h5-9H,1-4H3. The summed E-state index contributed by atoms with van der Waals surface area (Å²) in [7, 11) is 6.78. The molecule has 0 aliphatic rings. The van der Waals surface area contributed by atoms with E-state index in [1.807, 2.05) is 0 Å². The molecule has 0 aliphatic heterocycles. The summed E-state index contributed by atoms with van der Waals surface area (Å²) in [6.45, 7) is 0. The first-order chi connectivity index (χ1) is 12.2. The molecular weight excluding hydrogens is 338 g/mol. The van der Waals surface area contributed by atoms with Gasteiger partial charge in [0.15, 0.2) is 11.0 Å². The van der Waals surface area contributed by atoms with Crippen molar-refractivity contribution in [2.45, 2.75) is 0 Å². The van der Waals surface area contributed by atoms with Crippen LogP contribution in [0.2, 0.25) is 0 Å². The Bertz CT molecular complexity index is 981. The van der Waals surface area contributed by atoms with Crippen LogP contribution >= 0.6 is 0 Å². The maximum atomic E-state index is 11.7. The van der Waals surface area contributed by atoms with Crippen LogP contribution in [-0.4, -0.2) is 43.0 Å². The highest BCUT2D eigenvalue weighted by molar-refractivity contribution is 6.04. The van der Waals surface area contributed by atoms with Crippen LogP contribution in [0.3, 0.4) is 0 Å². The largest absolute Gasteiger partial charge is 0.372 e. The average molecular weight is 355 g/mol. The number of nitrogens with zero attached hydrogens (tertiary/aromatic N) is 5. The lowest BCUT2D eigenvalue weighted by atomic mass is 10.1. The molecule has 0 radical (unpaired) electrons. The summed E-state index contributed by atoms with van der Waals surface area (Å²) in [5.74, 6) is 0. The molecule has 0 saturated carbocycles. The zero-order valence-corrected chi connectivity index (χ0v) is 14.8. The first-order valence-electron chi connectivity index (χ1n) is 7.76. The van der Waals surface area contributed by atoms with Crippen LogP contribution in [0.4, 0.5) is 22.7 Å². The summed E-state index contributed by atoms with van der Waals surface area (Å²) >= 11 is 0. The number of fused-ring (bicyclic) bond motifs is 2. The number of benzene rings is 2. The second kappa shape index (κ2) is 6.10. The normalized spacial score (nSPS) is 10.9. The number of pyridine rings is 1. The Kier molecular flexibility index (Phi) is 4.07. The minimum atomic E-state index is -0.502. The number of nitro groups is 2. The highest BCUT2D eigenvalue weighted by Crippen LogP contribution is 2.39. The van der Waals surface area contributed by atoms with Gasteiger partial charge >= 0.3 is 11.4 Å². The summed E-state index contributed by atoms with van der Waals surface area (Å²) in [5.41, 5.74) is 0.708. The molecule has 0 amide bonds. The molecule has 1 heterocycles. The minimum absolute atomic E-state index is 0.132. The molecule has 0 N–H and O–H groups in total. The highest BCUT2D eigenvalue weighted by Gasteiger charge is 2.26. The summed E-state index contributed by atoms with van der Waals surface area (Å²) in [6.07, 6.45) is 0. The monoisotopic (exact) mass is 355 g/mol. The van der Waals surface area contributed by atoms with Gasteiger partial charge in [0.25, 0.3) is 0 Å². The van der Waals surface area contributed by atoms with E-state index in [1.165, 1.54) is 0 Å². The highest BCUT2D eigenvalue weighted by atomic mass is 16.6. The molecule has 0 saturated heterocycles. The Morgan fingerprint density at radius 1 is 0.769 bits per heavy atom. The maximum absolute atomic E-state index is 11.7. The van der Waals surface area contributed by atoms with Crippen molar-refractivity contribution in [2.24, 2.45) is 0 Å². The molecule has 134 valence electrons. The maximum Gasteiger partial charge on any atom is 0.318 e. The van der Waals surface area contributed by atoms with Gasteiger partial charge in [-0.15, -0.1) is 0 Å². The van der Waals surface area contributed by atoms with Crippen molar-refractivity contribution in [3.05, 3.63) is 50.6 Å². The van der Waals surface area contributed by atoms with Crippen LogP contribution in [0.1, 0.15) is 0 Å². The van der Waals surface area contributed by atoms with Crippen molar-refractivity contribution in [3.63, 3.8) is 0 Å². The Hall–Kier alpha value is -3.49. The van der Waals surface area contributed by atoms with E-state index in [1.54, 1.807) is 68.3 Å². The van der Waals surface area contributed by atoms with Crippen molar-refractivity contribution >= 4 is 44.6 Å². The van der Waals surface area contributed by atoms with E-state index >= 15 is 0 Å². The zero-order valence-electron chi connectivity index (χ0n) is 14.8. The van der Waals surface area contributed by atoms with Gasteiger partial charge in [0.05, 0.1) is 9.85 Å². The molecule has 0 fully saturated rings. The van der Waals surface area contributed by atoms with Crippen LogP contribution in [0, 0.1) is 20.2 Å². The predicted octanol–water partition coefficient (Wildman–Crippen LogP) is 3.34. The van der Waals surface area contributed by atoms with Gasteiger partial charge in [0, 0.05) is 39.0 Å². The third kappa shape index (κ3) is 2.63. The number of hydrogen-bond acceptors (Lipinski definition) is 7. The van der Waals surface area contributed by atoms with E-state index in [9.17, 15) is 20.2 Å². The quantitative estimate of drug-likeness (QED) is 0.401. The van der Waals surface area contributed by atoms with Crippen LogP contribution in [0.15, 0.2) is 30.3 Å². The fraction of sp³-hybridized carbons (Fsp3) is 0.235. The van der Waals surface area contributed by atoms with E-state index in [0.29, 0.717) is 22.1 Å². The summed E-state index contributed by atoms with van der Waals surface area (Å²) in [4.78, 5) is 29.9. The topological polar surface area (TPSA) is 106 Å². The van der Waals surface area contributed by atoms with Gasteiger partial charge in [-0.3, -0.25) is 20.2 Å². The van der Waals surface area contributed by atoms with Gasteiger partial charge in [-0.1, -0.05) is 12.1 Å². The van der Waals surface area contributed by atoms with Gasteiger partial charge < -0.3 is 9.80 Å². The van der Waals surface area contributed by atoms with Crippen molar-refractivity contribution in [2.75, 3.05) is 38.0 Å². The molecule has 0 spiro atoms. The second-order valence-corrected chi connectivity index (χ2v) is 6.30. The summed E-state index contributed by atoms with van der Waals surface area (Å²) < 4.78 is 0. The zero-order chi connectivity index (χ0) is 19.2. The molecule has 9 heteroatoms. The number of rotatable bonds is 4. The molecule has 26 heavy (non-hydrogen) atoms. The predicted molar refractivity (Wildman–Crippen MR) is 101 cm³/mol. The first-order valence-corrected chi connectivity index (χ1v) is 7.76. The molecule has 0 aliphatic carbocycles. The molecular formula is C17H17N5O4. The Balaban J connectivity index is 2.51. The first kappa shape index (κ1) is 17.3. The van der Waals surface area contributed by atoms with Crippen molar-refractivity contribution < 1.29 is 9.85 Å². The fourth-order valence-corrected chi connectivity index (χ4v) is 3.00. The van der Waals surface area contributed by atoms with E-state index < -0.39 is 9.85 Å². The SMILES string of the molecule is CN(C)c1ccc2cc3ccc(N(C)C)c([N+](=O)[O-])c3nc2c1[N+](=O)[O-]. The lowest BCUT2D eigenvalue weighted by Gasteiger charge is -2.15. The second-order valence-electron chi connectivity index (χ2n) is 6.30. The van der Waals surface area contributed by atoms with Crippen LogP contribution < -0.4 is 9.80 Å². The molecule has 3 rings (SSSR count). The summed E-state index contributed by atoms with van der Waals surface area (Å²) in [5, 5.41) is 24.4. The molecule has 2 aromatic carbocycles. The van der Waals surface area contributed by atoms with Gasteiger partial charge in [-0.2, -0.15) is 0 Å². The van der Waals surface area contributed by atoms with Gasteiger partial charge in [0.1, 0.15) is 11.4 Å². The number of aromatic nitrogens is 1. The van der Waals surface area contributed by atoms with Gasteiger partial charge in [-0.25, -0.2) is 4.98 Å². The van der Waals surface area contributed by atoms with Gasteiger partial charge in [0.2, 0.25) is 0 Å². The van der Waals surface area contributed by atoms with Crippen LogP contribution in [-0.2, 0) is 0 Å². The number of anilines is 2. The minimum Gasteiger partial charge on any atom is -0.372 e. The lowest BCUT2D eigenvalue weighted by Crippen LogP contribution is -2.12. The molecule has 0 bridgehead atoms. The van der Waals surface area contributed by atoms with Crippen molar-refractivity contribution in [1.82, 2.24) is 4.98 Å². The Morgan fingerprint density at radius 3 is 1.46 bits per heavy atom. The van der Waals surface area contributed by atoms with Crippen LogP contribution in [0.5, 0.6) is 0 Å². The molecule has 0 atom stereocenters. The average Bonchev–Trinajstić information content (AvgIpc) is 2.56. The molecule has 0 unspecified atom stereocenters. The van der Waals surface area contributed by atoms with Crippen molar-refractivity contribution in [3.8, 4) is 0 Å². The smallest absolute Gasteiger partial charge is 0.318 e. The Labute approximate surface area is 148 Å². The molecule has 1 aromatic heterocycles. The number of hydrogen-bond donors (Lipinski definition) is 0. The van der Waals surface area contributed by atoms with Gasteiger partial charge in [-0.05, 0) is 18.2 Å².